The third-order valence-electron chi connectivity index (χ3n) is 3.45. The van der Waals surface area contributed by atoms with Gasteiger partial charge in [0, 0.05) is 5.02 Å². The highest BCUT2D eigenvalue weighted by atomic mass is 35.5. The second-order valence-corrected chi connectivity index (χ2v) is 6.50. The van der Waals surface area contributed by atoms with Crippen molar-refractivity contribution in [3.63, 3.8) is 0 Å². The summed E-state index contributed by atoms with van der Waals surface area (Å²) in [7, 11) is 0. The zero-order chi connectivity index (χ0) is 17.8. The summed E-state index contributed by atoms with van der Waals surface area (Å²) in [5.74, 6) is -0.274. The van der Waals surface area contributed by atoms with E-state index in [2.05, 4.69) is 4.98 Å². The molecule has 0 aliphatic heterocycles. The molecule has 0 amide bonds. The minimum absolute atomic E-state index is 0.0756. The van der Waals surface area contributed by atoms with Crippen molar-refractivity contribution in [2.24, 2.45) is 0 Å². The summed E-state index contributed by atoms with van der Waals surface area (Å²) in [5, 5.41) is 1.52. The van der Waals surface area contributed by atoms with Crippen LogP contribution in [-0.4, -0.2) is 27.9 Å². The molecule has 0 saturated heterocycles. The van der Waals surface area contributed by atoms with E-state index in [0.717, 1.165) is 0 Å². The molecule has 5 nitrogen and oxygen atoms in total. The number of fused-ring (bicyclic) bond motifs is 1. The number of hydrogen-bond donors (Lipinski definition) is 0. The number of benzene rings is 2. The van der Waals surface area contributed by atoms with Crippen LogP contribution in [0.3, 0.4) is 0 Å². The zero-order valence-electron chi connectivity index (χ0n) is 13.4. The fourth-order valence-electron chi connectivity index (χ4n) is 2.35. The Morgan fingerprint density at radius 3 is 2.64 bits per heavy atom. The molecular weight excluding hydrogens is 360 g/mol. The summed E-state index contributed by atoms with van der Waals surface area (Å²) in [5.41, 5.74) is 1.03. The summed E-state index contributed by atoms with van der Waals surface area (Å²) < 4.78 is 6.44. The fraction of sp³-hybridized carbons (Fsp3) is 0.167. The van der Waals surface area contributed by atoms with Crippen LogP contribution in [0.25, 0.3) is 16.6 Å². The monoisotopic (exact) mass is 374 g/mol. The van der Waals surface area contributed by atoms with Crippen molar-refractivity contribution in [3.8, 4) is 5.69 Å². The van der Waals surface area contributed by atoms with E-state index in [4.69, 9.17) is 16.3 Å². The third-order valence-corrected chi connectivity index (χ3v) is 4.62. The van der Waals surface area contributed by atoms with Gasteiger partial charge in [-0.3, -0.25) is 14.2 Å². The lowest BCUT2D eigenvalue weighted by Gasteiger charge is -2.13. The number of carbonyl (C=O) groups is 1. The summed E-state index contributed by atoms with van der Waals surface area (Å²) in [4.78, 5) is 29.2. The number of hydrogen-bond acceptors (Lipinski definition) is 5. The standard InChI is InChI=1S/C18H15ClN2O3S/c1-2-24-16(22)11-25-18-20-15-6-4-3-5-14(15)17(23)21(18)13-9-7-12(19)8-10-13/h3-10H,2,11H2,1H3. The SMILES string of the molecule is CCOC(=O)CSc1nc2ccccc2c(=O)n1-c1ccc(Cl)cc1. The first kappa shape index (κ1) is 17.5. The second kappa shape index (κ2) is 7.72. The predicted octanol–water partition coefficient (Wildman–Crippen LogP) is 3.69. The Morgan fingerprint density at radius 2 is 1.92 bits per heavy atom. The normalized spacial score (nSPS) is 10.8. The van der Waals surface area contributed by atoms with Gasteiger partial charge in [-0.15, -0.1) is 0 Å². The summed E-state index contributed by atoms with van der Waals surface area (Å²) in [6.07, 6.45) is 0. The molecule has 0 unspecified atom stereocenters. The van der Waals surface area contributed by atoms with E-state index in [1.165, 1.54) is 16.3 Å². The van der Waals surface area contributed by atoms with E-state index in [-0.39, 0.29) is 17.3 Å². The Bertz CT molecular complexity index is 970. The van der Waals surface area contributed by atoms with Crippen LogP contribution in [0.4, 0.5) is 0 Å². The van der Waals surface area contributed by atoms with Crippen LogP contribution >= 0.6 is 23.4 Å². The van der Waals surface area contributed by atoms with E-state index in [0.29, 0.717) is 33.4 Å². The number of para-hydroxylation sites is 1. The molecule has 3 aromatic rings. The summed E-state index contributed by atoms with van der Waals surface area (Å²) in [6, 6.07) is 14.0. The molecule has 1 aromatic heterocycles. The number of aromatic nitrogens is 2. The van der Waals surface area contributed by atoms with Crippen LogP contribution in [0.5, 0.6) is 0 Å². The van der Waals surface area contributed by atoms with Crippen molar-refractivity contribution in [3.05, 3.63) is 63.9 Å². The van der Waals surface area contributed by atoms with Gasteiger partial charge in [-0.1, -0.05) is 35.5 Å². The van der Waals surface area contributed by atoms with Crippen LogP contribution in [0.15, 0.2) is 58.5 Å². The topological polar surface area (TPSA) is 61.2 Å². The Hall–Kier alpha value is -2.31. The molecule has 0 N–H and O–H groups in total. The summed E-state index contributed by atoms with van der Waals surface area (Å²) in [6.45, 7) is 2.06. The van der Waals surface area contributed by atoms with Crippen LogP contribution in [0.2, 0.25) is 5.02 Å². The molecule has 3 rings (SSSR count). The van der Waals surface area contributed by atoms with E-state index < -0.39 is 0 Å². The lowest BCUT2D eigenvalue weighted by Crippen LogP contribution is -2.22. The van der Waals surface area contributed by atoms with Gasteiger partial charge in [0.2, 0.25) is 0 Å². The van der Waals surface area contributed by atoms with Crippen molar-refractivity contribution in [2.75, 3.05) is 12.4 Å². The van der Waals surface area contributed by atoms with Gasteiger partial charge < -0.3 is 4.74 Å². The smallest absolute Gasteiger partial charge is 0.316 e. The Labute approximate surface area is 153 Å². The number of carbonyl (C=O) groups excluding carboxylic acids is 1. The van der Waals surface area contributed by atoms with E-state index in [1.807, 2.05) is 6.07 Å². The minimum Gasteiger partial charge on any atom is -0.465 e. The zero-order valence-corrected chi connectivity index (χ0v) is 15.0. The molecule has 128 valence electrons. The molecule has 1 heterocycles. The molecule has 0 atom stereocenters. The molecule has 0 radical (unpaired) electrons. The third kappa shape index (κ3) is 3.86. The van der Waals surface area contributed by atoms with Crippen molar-refractivity contribution in [1.82, 2.24) is 9.55 Å². The van der Waals surface area contributed by atoms with Crippen molar-refractivity contribution < 1.29 is 9.53 Å². The number of halogens is 1. The highest BCUT2D eigenvalue weighted by Gasteiger charge is 2.15. The van der Waals surface area contributed by atoms with E-state index in [9.17, 15) is 9.59 Å². The molecule has 0 bridgehead atoms. The molecule has 25 heavy (non-hydrogen) atoms. The molecule has 0 aliphatic rings. The van der Waals surface area contributed by atoms with Gasteiger partial charge in [-0.25, -0.2) is 4.98 Å². The number of ether oxygens (including phenoxy) is 1. The second-order valence-electron chi connectivity index (χ2n) is 5.12. The number of esters is 1. The van der Waals surface area contributed by atoms with Crippen LogP contribution < -0.4 is 5.56 Å². The van der Waals surface area contributed by atoms with Crippen LogP contribution in [0.1, 0.15) is 6.92 Å². The first-order valence-electron chi connectivity index (χ1n) is 7.66. The fourth-order valence-corrected chi connectivity index (χ4v) is 3.29. The number of rotatable bonds is 5. The van der Waals surface area contributed by atoms with Gasteiger partial charge in [0.1, 0.15) is 0 Å². The van der Waals surface area contributed by atoms with Gasteiger partial charge in [0.25, 0.3) is 5.56 Å². The van der Waals surface area contributed by atoms with Crippen LogP contribution in [0, 0.1) is 0 Å². The lowest BCUT2D eigenvalue weighted by atomic mass is 10.2. The van der Waals surface area contributed by atoms with Crippen LogP contribution in [-0.2, 0) is 9.53 Å². The van der Waals surface area contributed by atoms with Gasteiger partial charge >= 0.3 is 5.97 Å². The average molecular weight is 375 g/mol. The maximum Gasteiger partial charge on any atom is 0.316 e. The number of nitrogens with zero attached hydrogens (tertiary/aromatic N) is 2. The highest BCUT2D eigenvalue weighted by Crippen LogP contribution is 2.22. The molecule has 0 spiro atoms. The quantitative estimate of drug-likeness (QED) is 0.387. The molecular formula is C18H15ClN2O3S. The molecule has 0 saturated carbocycles. The predicted molar refractivity (Wildman–Crippen MR) is 99.7 cm³/mol. The van der Waals surface area contributed by atoms with Crippen molar-refractivity contribution in [1.29, 1.82) is 0 Å². The Kier molecular flexibility index (Phi) is 5.40. The van der Waals surface area contributed by atoms with Gasteiger partial charge in [0.15, 0.2) is 5.16 Å². The number of thioether (sulfide) groups is 1. The molecule has 2 aromatic carbocycles. The minimum atomic E-state index is -0.349. The Morgan fingerprint density at radius 1 is 1.20 bits per heavy atom. The maximum absolute atomic E-state index is 13.0. The largest absolute Gasteiger partial charge is 0.465 e. The van der Waals surface area contributed by atoms with E-state index in [1.54, 1.807) is 49.4 Å². The molecule has 0 fully saturated rings. The summed E-state index contributed by atoms with van der Waals surface area (Å²) >= 11 is 7.11. The molecule has 0 aliphatic carbocycles. The maximum atomic E-state index is 13.0. The first-order valence-corrected chi connectivity index (χ1v) is 9.02. The van der Waals surface area contributed by atoms with Gasteiger partial charge in [-0.2, -0.15) is 0 Å². The molecule has 7 heteroatoms. The van der Waals surface area contributed by atoms with Gasteiger partial charge in [0.05, 0.1) is 29.0 Å². The van der Waals surface area contributed by atoms with E-state index >= 15 is 0 Å². The Balaban J connectivity index is 2.12. The lowest BCUT2D eigenvalue weighted by molar-refractivity contribution is -0.139. The average Bonchev–Trinajstić information content (AvgIpc) is 2.61. The van der Waals surface area contributed by atoms with Crippen molar-refractivity contribution >= 4 is 40.2 Å². The van der Waals surface area contributed by atoms with Crippen molar-refractivity contribution in [2.45, 2.75) is 12.1 Å². The first-order chi connectivity index (χ1) is 12.1. The van der Waals surface area contributed by atoms with Gasteiger partial charge in [-0.05, 0) is 43.3 Å². The highest BCUT2D eigenvalue weighted by molar-refractivity contribution is 7.99.